The minimum Gasteiger partial charge on any atom is -0.478 e. The van der Waals surface area contributed by atoms with Crippen LogP contribution in [-0.2, 0) is 12.8 Å². The Kier molecular flexibility index (Phi) is 4.72. The number of nitrogens with zero attached hydrogens (tertiary/aromatic N) is 1. The number of halogens is 1. The number of carboxylic acid groups (broad SMARTS) is 1. The van der Waals surface area contributed by atoms with E-state index in [1.165, 1.54) is 6.26 Å². The minimum atomic E-state index is -0.996. The smallest absolute Gasteiger partial charge is 0.340 e. The van der Waals surface area contributed by atoms with Crippen LogP contribution in [0.4, 0.5) is 0 Å². The standard InChI is InChI=1S/C12H11NO3.ClH/c14-12(15)10-8-16-13-11(10)7-6-9-4-2-1-3-5-9;/h1-5,8H,6-7H2,(H,14,15);1H. The number of benzene rings is 1. The average Bonchev–Trinajstić information content (AvgIpc) is 2.76. The number of aryl methyl sites for hydroxylation is 2. The summed E-state index contributed by atoms with van der Waals surface area (Å²) < 4.78 is 4.66. The lowest BCUT2D eigenvalue weighted by Gasteiger charge is -1.98. The van der Waals surface area contributed by atoms with Crippen molar-refractivity contribution in [3.63, 3.8) is 0 Å². The van der Waals surface area contributed by atoms with Crippen LogP contribution in [0.3, 0.4) is 0 Å². The largest absolute Gasteiger partial charge is 0.478 e. The van der Waals surface area contributed by atoms with Crippen molar-refractivity contribution in [1.82, 2.24) is 5.16 Å². The molecule has 0 atom stereocenters. The molecule has 90 valence electrons. The van der Waals surface area contributed by atoms with Gasteiger partial charge in [-0.2, -0.15) is 0 Å². The van der Waals surface area contributed by atoms with Gasteiger partial charge in [0.25, 0.3) is 0 Å². The molecule has 0 fully saturated rings. The molecular weight excluding hydrogens is 242 g/mol. The fourth-order valence-electron chi connectivity index (χ4n) is 1.52. The Morgan fingerprint density at radius 3 is 2.59 bits per heavy atom. The zero-order valence-corrected chi connectivity index (χ0v) is 9.81. The average molecular weight is 254 g/mol. The number of aromatic carboxylic acids is 1. The molecule has 1 aromatic heterocycles. The van der Waals surface area contributed by atoms with Gasteiger partial charge in [0.2, 0.25) is 0 Å². The summed E-state index contributed by atoms with van der Waals surface area (Å²) in [5, 5.41) is 12.5. The van der Waals surface area contributed by atoms with Gasteiger partial charge in [-0.25, -0.2) is 4.79 Å². The van der Waals surface area contributed by atoms with E-state index in [-0.39, 0.29) is 18.0 Å². The van der Waals surface area contributed by atoms with Gasteiger partial charge in [-0.05, 0) is 18.4 Å². The molecule has 5 heteroatoms. The van der Waals surface area contributed by atoms with Crippen molar-refractivity contribution in [3.05, 3.63) is 53.4 Å². The lowest BCUT2D eigenvalue weighted by Crippen LogP contribution is -2.01. The number of hydrogen-bond acceptors (Lipinski definition) is 3. The third-order valence-corrected chi connectivity index (χ3v) is 2.37. The lowest BCUT2D eigenvalue weighted by atomic mass is 10.1. The Morgan fingerprint density at radius 2 is 1.94 bits per heavy atom. The van der Waals surface area contributed by atoms with E-state index < -0.39 is 5.97 Å². The zero-order valence-electron chi connectivity index (χ0n) is 9.00. The van der Waals surface area contributed by atoms with Gasteiger partial charge in [-0.15, -0.1) is 12.4 Å². The Morgan fingerprint density at radius 1 is 1.24 bits per heavy atom. The third-order valence-electron chi connectivity index (χ3n) is 2.37. The summed E-state index contributed by atoms with van der Waals surface area (Å²) in [5.74, 6) is -0.996. The van der Waals surface area contributed by atoms with Crippen LogP contribution in [0.15, 0.2) is 41.1 Å². The number of rotatable bonds is 4. The molecule has 2 aromatic rings. The maximum atomic E-state index is 10.8. The molecule has 0 spiro atoms. The van der Waals surface area contributed by atoms with Crippen LogP contribution >= 0.6 is 12.4 Å². The van der Waals surface area contributed by atoms with E-state index in [1.54, 1.807) is 0 Å². The number of carboxylic acids is 1. The van der Waals surface area contributed by atoms with Crippen molar-refractivity contribution in [2.75, 3.05) is 0 Å². The van der Waals surface area contributed by atoms with Gasteiger partial charge >= 0.3 is 5.97 Å². The molecule has 1 aromatic carbocycles. The molecule has 0 aliphatic carbocycles. The molecule has 1 heterocycles. The Bertz CT molecular complexity index is 482. The maximum absolute atomic E-state index is 10.8. The van der Waals surface area contributed by atoms with Gasteiger partial charge in [0, 0.05) is 0 Å². The number of carbonyl (C=O) groups is 1. The van der Waals surface area contributed by atoms with Crippen LogP contribution in [0.2, 0.25) is 0 Å². The Hall–Kier alpha value is -1.81. The number of hydrogen-bond donors (Lipinski definition) is 1. The van der Waals surface area contributed by atoms with Gasteiger partial charge in [-0.3, -0.25) is 0 Å². The highest BCUT2D eigenvalue weighted by atomic mass is 35.5. The van der Waals surface area contributed by atoms with E-state index in [0.29, 0.717) is 12.1 Å². The van der Waals surface area contributed by atoms with Crippen LogP contribution in [0.1, 0.15) is 21.6 Å². The highest BCUT2D eigenvalue weighted by molar-refractivity contribution is 5.88. The molecule has 0 aliphatic rings. The molecule has 4 nitrogen and oxygen atoms in total. The summed E-state index contributed by atoms with van der Waals surface area (Å²) >= 11 is 0. The van der Waals surface area contributed by atoms with E-state index in [4.69, 9.17) is 5.11 Å². The normalized spacial score (nSPS) is 9.65. The topological polar surface area (TPSA) is 63.3 Å². The zero-order chi connectivity index (χ0) is 11.4. The first-order valence-electron chi connectivity index (χ1n) is 4.98. The van der Waals surface area contributed by atoms with Crippen molar-refractivity contribution in [2.24, 2.45) is 0 Å². The summed E-state index contributed by atoms with van der Waals surface area (Å²) in [6, 6.07) is 9.86. The summed E-state index contributed by atoms with van der Waals surface area (Å²) in [5.41, 5.74) is 1.80. The second-order valence-corrected chi connectivity index (χ2v) is 3.47. The molecule has 0 radical (unpaired) electrons. The first kappa shape index (κ1) is 13.3. The van der Waals surface area contributed by atoms with Crippen LogP contribution in [0, 0.1) is 0 Å². The van der Waals surface area contributed by atoms with Crippen LogP contribution < -0.4 is 0 Å². The SMILES string of the molecule is Cl.O=C(O)c1conc1CCc1ccccc1. The predicted octanol–water partition coefficient (Wildman–Crippen LogP) is 2.58. The molecule has 2 rings (SSSR count). The minimum absolute atomic E-state index is 0. The highest BCUT2D eigenvalue weighted by Crippen LogP contribution is 2.10. The van der Waals surface area contributed by atoms with E-state index in [1.807, 2.05) is 30.3 Å². The van der Waals surface area contributed by atoms with Gasteiger partial charge < -0.3 is 9.63 Å². The van der Waals surface area contributed by atoms with E-state index in [0.717, 1.165) is 12.0 Å². The fourth-order valence-corrected chi connectivity index (χ4v) is 1.52. The molecule has 0 unspecified atom stereocenters. The number of aromatic nitrogens is 1. The van der Waals surface area contributed by atoms with Gasteiger partial charge in [0.15, 0.2) is 0 Å². The molecule has 0 saturated heterocycles. The van der Waals surface area contributed by atoms with Gasteiger partial charge in [0.05, 0.1) is 5.69 Å². The molecule has 0 amide bonds. The third kappa shape index (κ3) is 3.32. The Balaban J connectivity index is 0.00000144. The molecule has 0 bridgehead atoms. The van der Waals surface area contributed by atoms with Crippen molar-refractivity contribution < 1.29 is 14.4 Å². The first-order valence-corrected chi connectivity index (χ1v) is 4.98. The predicted molar refractivity (Wildman–Crippen MR) is 64.6 cm³/mol. The molecule has 0 aliphatic heterocycles. The fraction of sp³-hybridized carbons (Fsp3) is 0.167. The lowest BCUT2D eigenvalue weighted by molar-refractivity contribution is 0.0695. The van der Waals surface area contributed by atoms with E-state index in [9.17, 15) is 4.79 Å². The molecule has 0 saturated carbocycles. The van der Waals surface area contributed by atoms with Crippen LogP contribution in [0.25, 0.3) is 0 Å². The summed E-state index contributed by atoms with van der Waals surface area (Å²) in [7, 11) is 0. The highest BCUT2D eigenvalue weighted by Gasteiger charge is 2.13. The maximum Gasteiger partial charge on any atom is 0.340 e. The van der Waals surface area contributed by atoms with Crippen molar-refractivity contribution in [2.45, 2.75) is 12.8 Å². The van der Waals surface area contributed by atoms with Gasteiger partial charge in [0.1, 0.15) is 11.8 Å². The van der Waals surface area contributed by atoms with Crippen molar-refractivity contribution in [1.29, 1.82) is 0 Å². The van der Waals surface area contributed by atoms with Crippen molar-refractivity contribution >= 4 is 18.4 Å². The van der Waals surface area contributed by atoms with Gasteiger partial charge in [-0.1, -0.05) is 35.5 Å². The first-order chi connectivity index (χ1) is 7.77. The second-order valence-electron chi connectivity index (χ2n) is 3.47. The van der Waals surface area contributed by atoms with Crippen LogP contribution in [0.5, 0.6) is 0 Å². The molecular formula is C12H12ClNO3. The summed E-state index contributed by atoms with van der Waals surface area (Å²) in [6.45, 7) is 0. The molecule has 1 N–H and O–H groups in total. The quantitative estimate of drug-likeness (QED) is 0.910. The second kappa shape index (κ2) is 6.06. The summed E-state index contributed by atoms with van der Waals surface area (Å²) in [6.07, 6.45) is 2.50. The summed E-state index contributed by atoms with van der Waals surface area (Å²) in [4.78, 5) is 10.8. The van der Waals surface area contributed by atoms with E-state index >= 15 is 0 Å². The molecule has 17 heavy (non-hydrogen) atoms. The van der Waals surface area contributed by atoms with E-state index in [2.05, 4.69) is 9.68 Å². The van der Waals surface area contributed by atoms with Crippen molar-refractivity contribution in [3.8, 4) is 0 Å². The Labute approximate surface area is 105 Å². The monoisotopic (exact) mass is 253 g/mol. The van der Waals surface area contributed by atoms with Crippen LogP contribution in [-0.4, -0.2) is 16.2 Å².